The number of amides is 1. The number of carbonyl (C=O) groups is 1. The number of aryl methyl sites for hydroxylation is 2. The summed E-state index contributed by atoms with van der Waals surface area (Å²) >= 11 is 1.58. The molecule has 7 heteroatoms. The van der Waals surface area contributed by atoms with Gasteiger partial charge < -0.3 is 13.9 Å². The highest BCUT2D eigenvalue weighted by molar-refractivity contribution is 7.13. The van der Waals surface area contributed by atoms with Gasteiger partial charge in [0.15, 0.2) is 0 Å². The summed E-state index contributed by atoms with van der Waals surface area (Å²) < 4.78 is 7.99. The van der Waals surface area contributed by atoms with Gasteiger partial charge in [-0.1, -0.05) is 24.3 Å². The third kappa shape index (κ3) is 3.46. The van der Waals surface area contributed by atoms with Crippen molar-refractivity contribution in [1.29, 1.82) is 0 Å². The van der Waals surface area contributed by atoms with Crippen LogP contribution >= 0.6 is 11.3 Å². The number of thiophene rings is 1. The molecular formula is C22H22N4O2S. The molecule has 4 aromatic rings. The first-order valence-corrected chi connectivity index (χ1v) is 10.7. The van der Waals surface area contributed by atoms with E-state index in [1.54, 1.807) is 11.3 Å². The van der Waals surface area contributed by atoms with E-state index in [1.807, 2.05) is 41.6 Å². The van der Waals surface area contributed by atoms with Crippen LogP contribution in [-0.2, 0) is 18.3 Å². The minimum absolute atomic E-state index is 0.123. The van der Waals surface area contributed by atoms with E-state index in [-0.39, 0.29) is 11.8 Å². The van der Waals surface area contributed by atoms with Crippen molar-refractivity contribution in [2.24, 2.45) is 7.05 Å². The van der Waals surface area contributed by atoms with Gasteiger partial charge in [0.1, 0.15) is 0 Å². The van der Waals surface area contributed by atoms with E-state index < -0.39 is 0 Å². The molecule has 1 aliphatic rings. The molecule has 1 fully saturated rings. The lowest BCUT2D eigenvalue weighted by molar-refractivity contribution is -0.130. The number of aromatic nitrogens is 3. The summed E-state index contributed by atoms with van der Waals surface area (Å²) in [5.74, 6) is 1.52. The number of likely N-dealkylation sites (tertiary alicyclic amines) is 1. The minimum Gasteiger partial charge on any atom is -0.420 e. The molecule has 0 unspecified atom stereocenters. The summed E-state index contributed by atoms with van der Waals surface area (Å²) in [5, 5.41) is 11.6. The average Bonchev–Trinajstić information content (AvgIpc) is 3.52. The van der Waals surface area contributed by atoms with Crippen molar-refractivity contribution in [3.05, 3.63) is 59.4 Å². The number of rotatable bonds is 5. The summed E-state index contributed by atoms with van der Waals surface area (Å²) in [7, 11) is 2.05. The van der Waals surface area contributed by atoms with Crippen molar-refractivity contribution >= 4 is 28.1 Å². The van der Waals surface area contributed by atoms with Crippen LogP contribution in [0.2, 0.25) is 0 Å². The Kier molecular flexibility index (Phi) is 4.67. The summed E-state index contributed by atoms with van der Waals surface area (Å²) in [6, 6.07) is 12.3. The molecule has 0 N–H and O–H groups in total. The molecule has 1 saturated heterocycles. The molecule has 6 nitrogen and oxygen atoms in total. The molecule has 0 aliphatic carbocycles. The Morgan fingerprint density at radius 2 is 2.14 bits per heavy atom. The van der Waals surface area contributed by atoms with E-state index in [0.717, 1.165) is 24.3 Å². The van der Waals surface area contributed by atoms with Gasteiger partial charge in [0.25, 0.3) is 5.89 Å². The fourth-order valence-corrected chi connectivity index (χ4v) is 4.76. The highest BCUT2D eigenvalue weighted by Crippen LogP contribution is 2.30. The Morgan fingerprint density at radius 3 is 3.00 bits per heavy atom. The normalized spacial score (nSPS) is 16.7. The Bertz CT molecular complexity index is 1140. The van der Waals surface area contributed by atoms with Crippen LogP contribution in [0.15, 0.2) is 52.4 Å². The second-order valence-corrected chi connectivity index (χ2v) is 8.48. The zero-order chi connectivity index (χ0) is 19.8. The number of carbonyl (C=O) groups excluding carboxylic acids is 1. The molecule has 0 spiro atoms. The second kappa shape index (κ2) is 7.48. The quantitative estimate of drug-likeness (QED) is 0.497. The molecule has 1 aliphatic heterocycles. The summed E-state index contributed by atoms with van der Waals surface area (Å²) in [4.78, 5) is 15.7. The number of nitrogens with zero attached hydrogens (tertiary/aromatic N) is 4. The Labute approximate surface area is 172 Å². The molecule has 1 aromatic carbocycles. The van der Waals surface area contributed by atoms with Crippen LogP contribution in [-0.4, -0.2) is 38.7 Å². The van der Waals surface area contributed by atoms with Crippen molar-refractivity contribution in [3.8, 4) is 10.8 Å². The minimum atomic E-state index is 0.123. The van der Waals surface area contributed by atoms with Gasteiger partial charge in [-0.25, -0.2) is 0 Å². The van der Waals surface area contributed by atoms with Crippen LogP contribution < -0.4 is 0 Å². The van der Waals surface area contributed by atoms with E-state index >= 15 is 0 Å². The maximum Gasteiger partial charge on any atom is 0.257 e. The van der Waals surface area contributed by atoms with Gasteiger partial charge in [-0.15, -0.1) is 21.5 Å². The first-order valence-electron chi connectivity index (χ1n) is 9.87. The van der Waals surface area contributed by atoms with E-state index in [1.165, 1.54) is 16.5 Å². The molecule has 1 atom stereocenters. The zero-order valence-electron chi connectivity index (χ0n) is 16.2. The third-order valence-electron chi connectivity index (χ3n) is 5.65. The van der Waals surface area contributed by atoms with Gasteiger partial charge in [-0.3, -0.25) is 4.79 Å². The maximum atomic E-state index is 12.8. The number of hydrogen-bond acceptors (Lipinski definition) is 5. The lowest BCUT2D eigenvalue weighted by Crippen LogP contribution is -2.28. The number of para-hydroxylation sites is 1. The van der Waals surface area contributed by atoms with Crippen LogP contribution in [0.25, 0.3) is 21.7 Å². The van der Waals surface area contributed by atoms with Crippen LogP contribution in [0, 0.1) is 0 Å². The average molecular weight is 407 g/mol. The number of fused-ring (bicyclic) bond motifs is 1. The molecule has 29 heavy (non-hydrogen) atoms. The monoisotopic (exact) mass is 406 g/mol. The largest absolute Gasteiger partial charge is 0.420 e. The van der Waals surface area contributed by atoms with E-state index in [2.05, 4.69) is 33.1 Å². The van der Waals surface area contributed by atoms with Gasteiger partial charge >= 0.3 is 0 Å². The molecule has 0 saturated carbocycles. The standard InChI is InChI=1S/C22H22N4O2S/c1-25-13-15(17-5-2-3-6-18(17)25)8-9-20(27)26-11-10-16(14-26)21-23-24-22(28-21)19-7-4-12-29-19/h2-7,12-13,16H,8-11,14H2,1H3/t16-/m1/s1. The number of hydrogen-bond donors (Lipinski definition) is 0. The predicted octanol–water partition coefficient (Wildman–Crippen LogP) is 4.24. The van der Waals surface area contributed by atoms with Crippen LogP contribution in [0.3, 0.4) is 0 Å². The van der Waals surface area contributed by atoms with Crippen molar-refractivity contribution in [2.75, 3.05) is 13.1 Å². The van der Waals surface area contributed by atoms with Gasteiger partial charge in [0, 0.05) is 43.7 Å². The Hall–Kier alpha value is -2.93. The maximum absolute atomic E-state index is 12.8. The van der Waals surface area contributed by atoms with Crippen molar-refractivity contribution in [3.63, 3.8) is 0 Å². The lowest BCUT2D eigenvalue weighted by atomic mass is 10.1. The van der Waals surface area contributed by atoms with Gasteiger partial charge in [-0.2, -0.15) is 0 Å². The highest BCUT2D eigenvalue weighted by Gasteiger charge is 2.31. The molecular weight excluding hydrogens is 384 g/mol. The first-order chi connectivity index (χ1) is 14.2. The van der Waals surface area contributed by atoms with E-state index in [9.17, 15) is 4.79 Å². The van der Waals surface area contributed by atoms with Crippen LogP contribution in [0.5, 0.6) is 0 Å². The summed E-state index contributed by atoms with van der Waals surface area (Å²) in [5.41, 5.74) is 2.43. The zero-order valence-corrected chi connectivity index (χ0v) is 17.1. The summed E-state index contributed by atoms with van der Waals surface area (Å²) in [6.45, 7) is 1.40. The highest BCUT2D eigenvalue weighted by atomic mass is 32.1. The van der Waals surface area contributed by atoms with Crippen molar-refractivity contribution in [2.45, 2.75) is 25.2 Å². The molecule has 0 radical (unpaired) electrons. The van der Waals surface area contributed by atoms with Gasteiger partial charge in [0.05, 0.1) is 10.8 Å². The fraction of sp³-hybridized carbons (Fsp3) is 0.318. The fourth-order valence-electron chi connectivity index (χ4n) is 4.11. The predicted molar refractivity (Wildman–Crippen MR) is 113 cm³/mol. The Balaban J connectivity index is 1.22. The molecule has 148 valence electrons. The molecule has 0 bridgehead atoms. The van der Waals surface area contributed by atoms with Crippen molar-refractivity contribution < 1.29 is 9.21 Å². The number of benzene rings is 1. The van der Waals surface area contributed by atoms with Gasteiger partial charge in [0.2, 0.25) is 11.8 Å². The lowest BCUT2D eigenvalue weighted by Gasteiger charge is -2.15. The molecule has 5 rings (SSSR count). The molecule has 1 amide bonds. The van der Waals surface area contributed by atoms with E-state index in [4.69, 9.17) is 4.42 Å². The van der Waals surface area contributed by atoms with E-state index in [0.29, 0.717) is 24.7 Å². The third-order valence-corrected chi connectivity index (χ3v) is 6.51. The molecule has 4 heterocycles. The van der Waals surface area contributed by atoms with Crippen molar-refractivity contribution in [1.82, 2.24) is 19.7 Å². The summed E-state index contributed by atoms with van der Waals surface area (Å²) in [6.07, 6.45) is 4.27. The van der Waals surface area contributed by atoms with Crippen LogP contribution in [0.4, 0.5) is 0 Å². The molecule has 3 aromatic heterocycles. The van der Waals surface area contributed by atoms with Crippen LogP contribution in [0.1, 0.15) is 30.2 Å². The topological polar surface area (TPSA) is 64.2 Å². The Morgan fingerprint density at radius 1 is 1.24 bits per heavy atom. The second-order valence-electron chi connectivity index (χ2n) is 7.53. The van der Waals surface area contributed by atoms with Gasteiger partial charge in [-0.05, 0) is 35.9 Å². The first kappa shape index (κ1) is 18.1. The SMILES string of the molecule is Cn1cc(CCC(=O)N2CC[C@@H](c3nnc(-c4cccs4)o3)C2)c2ccccc21. The smallest absolute Gasteiger partial charge is 0.257 e.